The molecule has 114 valence electrons. The maximum absolute atomic E-state index is 12.5. The van der Waals surface area contributed by atoms with Gasteiger partial charge in [0.1, 0.15) is 5.76 Å². The maximum atomic E-state index is 12.5. The fourth-order valence-electron chi connectivity index (χ4n) is 3.25. The predicted octanol–water partition coefficient (Wildman–Crippen LogP) is 3.57. The summed E-state index contributed by atoms with van der Waals surface area (Å²) < 4.78 is 5.29. The van der Waals surface area contributed by atoms with Crippen LogP contribution in [0.2, 0.25) is 0 Å². The van der Waals surface area contributed by atoms with Crippen LogP contribution < -0.4 is 0 Å². The average molecular weight is 296 g/mol. The molecule has 1 aromatic heterocycles. The topological polar surface area (TPSA) is 46.3 Å². The molecule has 1 saturated heterocycles. The highest BCUT2D eigenvalue weighted by Gasteiger charge is 2.31. The highest BCUT2D eigenvalue weighted by Crippen LogP contribution is 2.40. The van der Waals surface area contributed by atoms with Crippen molar-refractivity contribution in [1.82, 2.24) is 10.1 Å². The van der Waals surface area contributed by atoms with E-state index in [0.29, 0.717) is 17.5 Å². The lowest BCUT2D eigenvalue weighted by molar-refractivity contribution is 0.0702. The van der Waals surface area contributed by atoms with Gasteiger partial charge in [-0.05, 0) is 37.2 Å². The zero-order valence-corrected chi connectivity index (χ0v) is 12.6. The van der Waals surface area contributed by atoms with E-state index in [2.05, 4.69) is 29.4 Å². The van der Waals surface area contributed by atoms with Crippen LogP contribution in [-0.2, 0) is 0 Å². The van der Waals surface area contributed by atoms with Crippen LogP contribution in [-0.4, -0.2) is 29.1 Å². The number of aromatic nitrogens is 1. The molecular weight excluding hydrogens is 276 g/mol. The van der Waals surface area contributed by atoms with E-state index in [4.69, 9.17) is 4.52 Å². The second-order valence-electron chi connectivity index (χ2n) is 6.37. The number of hydrogen-bond acceptors (Lipinski definition) is 3. The summed E-state index contributed by atoms with van der Waals surface area (Å²) in [5, 5.41) is 3.96. The standard InChI is InChI=1S/C18H20N2O2/c21-18(16-12-17(22-19-16)15-6-7-15)20-10-8-14(9-11-20)13-4-2-1-3-5-13/h1-5,12,14-15H,6-11H2. The Balaban J connectivity index is 1.39. The molecule has 0 N–H and O–H groups in total. The van der Waals surface area contributed by atoms with Gasteiger partial charge >= 0.3 is 0 Å². The third-order valence-corrected chi connectivity index (χ3v) is 4.78. The highest BCUT2D eigenvalue weighted by atomic mass is 16.5. The molecule has 4 rings (SSSR count). The Hall–Kier alpha value is -2.10. The van der Waals surface area contributed by atoms with E-state index in [0.717, 1.165) is 44.5 Å². The molecular formula is C18H20N2O2. The van der Waals surface area contributed by atoms with Gasteiger partial charge in [-0.3, -0.25) is 4.79 Å². The first-order valence-corrected chi connectivity index (χ1v) is 8.12. The molecule has 1 aliphatic carbocycles. The molecule has 4 heteroatoms. The summed E-state index contributed by atoms with van der Waals surface area (Å²) >= 11 is 0. The summed E-state index contributed by atoms with van der Waals surface area (Å²) in [5.41, 5.74) is 1.85. The van der Waals surface area contributed by atoms with E-state index in [1.807, 2.05) is 17.0 Å². The minimum atomic E-state index is 0.0159. The van der Waals surface area contributed by atoms with Crippen molar-refractivity contribution in [3.63, 3.8) is 0 Å². The summed E-state index contributed by atoms with van der Waals surface area (Å²) in [6, 6.07) is 12.4. The van der Waals surface area contributed by atoms with Gasteiger partial charge in [0.15, 0.2) is 5.69 Å². The fourth-order valence-corrected chi connectivity index (χ4v) is 3.25. The molecule has 2 fully saturated rings. The second kappa shape index (κ2) is 5.59. The molecule has 2 aromatic rings. The van der Waals surface area contributed by atoms with Crippen LogP contribution in [0.5, 0.6) is 0 Å². The van der Waals surface area contributed by atoms with Crippen LogP contribution in [0.25, 0.3) is 0 Å². The number of piperidine rings is 1. The monoisotopic (exact) mass is 296 g/mol. The number of amides is 1. The Morgan fingerprint density at radius 2 is 1.77 bits per heavy atom. The van der Waals surface area contributed by atoms with E-state index in [1.165, 1.54) is 5.56 Å². The maximum Gasteiger partial charge on any atom is 0.276 e. The summed E-state index contributed by atoms with van der Waals surface area (Å²) in [4.78, 5) is 14.4. The van der Waals surface area contributed by atoms with Crippen LogP contribution in [0.15, 0.2) is 40.9 Å². The van der Waals surface area contributed by atoms with Crippen molar-refractivity contribution >= 4 is 5.91 Å². The summed E-state index contributed by atoms with van der Waals surface area (Å²) in [5.74, 6) is 1.95. The summed E-state index contributed by atoms with van der Waals surface area (Å²) in [6.07, 6.45) is 4.35. The molecule has 0 unspecified atom stereocenters. The summed E-state index contributed by atoms with van der Waals surface area (Å²) in [6.45, 7) is 1.59. The predicted molar refractivity (Wildman–Crippen MR) is 82.8 cm³/mol. The largest absolute Gasteiger partial charge is 0.360 e. The number of rotatable bonds is 3. The second-order valence-corrected chi connectivity index (χ2v) is 6.37. The van der Waals surface area contributed by atoms with E-state index in [-0.39, 0.29) is 5.91 Å². The first-order chi connectivity index (χ1) is 10.8. The molecule has 4 nitrogen and oxygen atoms in total. The molecule has 0 spiro atoms. The molecule has 1 aliphatic heterocycles. The van der Waals surface area contributed by atoms with Gasteiger partial charge in [0.25, 0.3) is 5.91 Å². The third-order valence-electron chi connectivity index (χ3n) is 4.78. The first-order valence-electron chi connectivity index (χ1n) is 8.12. The van der Waals surface area contributed by atoms with E-state index >= 15 is 0 Å². The van der Waals surface area contributed by atoms with Crippen LogP contribution in [0.4, 0.5) is 0 Å². The van der Waals surface area contributed by atoms with E-state index < -0.39 is 0 Å². The molecule has 2 heterocycles. The van der Waals surface area contributed by atoms with E-state index in [9.17, 15) is 4.79 Å². The number of nitrogens with zero attached hydrogens (tertiary/aromatic N) is 2. The Morgan fingerprint density at radius 3 is 2.45 bits per heavy atom. The zero-order valence-electron chi connectivity index (χ0n) is 12.6. The molecule has 1 aromatic carbocycles. The lowest BCUT2D eigenvalue weighted by atomic mass is 9.89. The van der Waals surface area contributed by atoms with Crippen molar-refractivity contribution in [1.29, 1.82) is 0 Å². The molecule has 1 saturated carbocycles. The zero-order chi connectivity index (χ0) is 14.9. The Morgan fingerprint density at radius 1 is 1.05 bits per heavy atom. The van der Waals surface area contributed by atoms with E-state index in [1.54, 1.807) is 0 Å². The third kappa shape index (κ3) is 2.65. The van der Waals surface area contributed by atoms with Gasteiger partial charge in [-0.15, -0.1) is 0 Å². The van der Waals surface area contributed by atoms with Crippen molar-refractivity contribution in [2.45, 2.75) is 37.5 Å². The lowest BCUT2D eigenvalue weighted by Crippen LogP contribution is -2.38. The fraction of sp³-hybridized carbons (Fsp3) is 0.444. The van der Waals surface area contributed by atoms with Gasteiger partial charge in [-0.2, -0.15) is 0 Å². The van der Waals surface area contributed by atoms with Gasteiger partial charge in [-0.25, -0.2) is 0 Å². The molecule has 1 amide bonds. The van der Waals surface area contributed by atoms with Crippen molar-refractivity contribution in [2.24, 2.45) is 0 Å². The lowest BCUT2D eigenvalue weighted by Gasteiger charge is -2.31. The van der Waals surface area contributed by atoms with Crippen molar-refractivity contribution in [3.05, 3.63) is 53.4 Å². The average Bonchev–Trinajstić information content (AvgIpc) is 3.32. The van der Waals surface area contributed by atoms with Crippen molar-refractivity contribution in [3.8, 4) is 0 Å². The first kappa shape index (κ1) is 13.6. The smallest absolute Gasteiger partial charge is 0.276 e. The highest BCUT2D eigenvalue weighted by molar-refractivity contribution is 5.92. The molecule has 0 radical (unpaired) electrons. The van der Waals surface area contributed by atoms with Crippen molar-refractivity contribution in [2.75, 3.05) is 13.1 Å². The number of carbonyl (C=O) groups is 1. The number of carbonyl (C=O) groups excluding carboxylic acids is 1. The quantitative estimate of drug-likeness (QED) is 0.870. The minimum Gasteiger partial charge on any atom is -0.360 e. The molecule has 0 bridgehead atoms. The van der Waals surface area contributed by atoms with Gasteiger partial charge in [0.2, 0.25) is 0 Å². The SMILES string of the molecule is O=C(c1cc(C2CC2)on1)N1CCC(c2ccccc2)CC1. The Kier molecular flexibility index (Phi) is 3.45. The Bertz CT molecular complexity index is 653. The van der Waals surface area contributed by atoms with Crippen LogP contribution in [0.1, 0.15) is 59.3 Å². The molecule has 0 atom stereocenters. The normalized spacial score (nSPS) is 19.4. The minimum absolute atomic E-state index is 0.0159. The number of benzene rings is 1. The summed E-state index contributed by atoms with van der Waals surface area (Å²) in [7, 11) is 0. The van der Waals surface area contributed by atoms with Crippen LogP contribution in [0.3, 0.4) is 0 Å². The van der Waals surface area contributed by atoms with Gasteiger partial charge < -0.3 is 9.42 Å². The van der Waals surface area contributed by atoms with Gasteiger partial charge in [0, 0.05) is 25.1 Å². The molecule has 22 heavy (non-hydrogen) atoms. The van der Waals surface area contributed by atoms with Crippen molar-refractivity contribution < 1.29 is 9.32 Å². The van der Waals surface area contributed by atoms with Crippen LogP contribution in [0, 0.1) is 0 Å². The molecule has 2 aliphatic rings. The number of hydrogen-bond donors (Lipinski definition) is 0. The number of likely N-dealkylation sites (tertiary alicyclic amines) is 1. The van der Waals surface area contributed by atoms with Gasteiger partial charge in [0.05, 0.1) is 0 Å². The Labute approximate surface area is 130 Å². The van der Waals surface area contributed by atoms with Gasteiger partial charge in [-0.1, -0.05) is 35.5 Å². The van der Waals surface area contributed by atoms with Crippen LogP contribution >= 0.6 is 0 Å².